The molecule has 2 amide bonds. The van der Waals surface area contributed by atoms with Crippen molar-refractivity contribution < 1.29 is 14.3 Å². The van der Waals surface area contributed by atoms with E-state index in [1.54, 1.807) is 4.90 Å². The summed E-state index contributed by atoms with van der Waals surface area (Å²) in [6.07, 6.45) is 0.491. The topological polar surface area (TPSA) is 58.6 Å². The number of likely N-dealkylation sites (tertiary alicyclic amines) is 1. The summed E-state index contributed by atoms with van der Waals surface area (Å²) < 4.78 is 5.28. The number of ether oxygens (including phenoxy) is 1. The average molecular weight is 226 g/mol. The van der Waals surface area contributed by atoms with Crippen LogP contribution in [0.1, 0.15) is 20.8 Å². The Kier molecular flexibility index (Phi) is 2.56. The molecule has 1 aliphatic heterocycles. The Morgan fingerprint density at radius 1 is 1.38 bits per heavy atom. The van der Waals surface area contributed by atoms with Crippen LogP contribution in [-0.4, -0.2) is 42.1 Å². The van der Waals surface area contributed by atoms with Crippen molar-refractivity contribution in [2.24, 2.45) is 11.8 Å². The van der Waals surface area contributed by atoms with Crippen LogP contribution in [0.3, 0.4) is 0 Å². The first kappa shape index (κ1) is 11.2. The third kappa shape index (κ3) is 2.13. The Morgan fingerprint density at radius 2 is 1.94 bits per heavy atom. The zero-order chi connectivity index (χ0) is 11.9. The van der Waals surface area contributed by atoms with Crippen molar-refractivity contribution >= 4 is 12.5 Å². The molecule has 3 atom stereocenters. The van der Waals surface area contributed by atoms with Gasteiger partial charge in [-0.05, 0) is 20.8 Å². The van der Waals surface area contributed by atoms with Crippen molar-refractivity contribution in [2.45, 2.75) is 32.4 Å². The zero-order valence-electron chi connectivity index (χ0n) is 9.90. The molecule has 0 spiro atoms. The van der Waals surface area contributed by atoms with Gasteiger partial charge in [0.15, 0.2) is 0 Å². The lowest BCUT2D eigenvalue weighted by Gasteiger charge is -2.25. The number of hydrogen-bond acceptors (Lipinski definition) is 3. The molecule has 2 fully saturated rings. The van der Waals surface area contributed by atoms with Gasteiger partial charge in [-0.1, -0.05) is 0 Å². The number of hydrogen-bond donors (Lipinski definition) is 1. The van der Waals surface area contributed by atoms with Crippen LogP contribution in [0.15, 0.2) is 0 Å². The zero-order valence-corrected chi connectivity index (χ0v) is 9.90. The van der Waals surface area contributed by atoms with E-state index < -0.39 is 5.60 Å². The lowest BCUT2D eigenvalue weighted by atomic mass is 10.2. The van der Waals surface area contributed by atoms with E-state index in [1.807, 2.05) is 20.8 Å². The molecule has 2 rings (SSSR count). The van der Waals surface area contributed by atoms with Crippen LogP contribution in [0.2, 0.25) is 0 Å². The molecule has 0 aromatic heterocycles. The lowest BCUT2D eigenvalue weighted by molar-refractivity contribution is -0.109. The minimum absolute atomic E-state index is 0.246. The third-order valence-electron chi connectivity index (χ3n) is 3.11. The molecule has 1 unspecified atom stereocenters. The standard InChI is InChI=1S/C11H18N2O3/c1-11(2,3)16-10(15)13-4-7-8(5-13)9(7)12-6-14/h6-9H,4-5H2,1-3H3,(H,12,14)/t7-,8+,9?. The fourth-order valence-corrected chi connectivity index (χ4v) is 2.33. The first-order valence-corrected chi connectivity index (χ1v) is 5.60. The second-order valence-electron chi connectivity index (χ2n) is 5.52. The van der Waals surface area contributed by atoms with E-state index >= 15 is 0 Å². The highest BCUT2D eigenvalue weighted by Crippen LogP contribution is 2.45. The molecule has 2 aliphatic rings. The quantitative estimate of drug-likeness (QED) is 0.701. The maximum absolute atomic E-state index is 11.7. The summed E-state index contributed by atoms with van der Waals surface area (Å²) in [6.45, 7) is 6.98. The van der Waals surface area contributed by atoms with Gasteiger partial charge in [-0.25, -0.2) is 4.79 Å². The molecule has 0 aromatic rings. The number of carbonyl (C=O) groups excluding carboxylic acids is 2. The largest absolute Gasteiger partial charge is 0.444 e. The van der Waals surface area contributed by atoms with Crippen LogP contribution >= 0.6 is 0 Å². The van der Waals surface area contributed by atoms with Crippen molar-refractivity contribution in [3.63, 3.8) is 0 Å². The highest BCUT2D eigenvalue weighted by atomic mass is 16.6. The maximum Gasteiger partial charge on any atom is 0.410 e. The van der Waals surface area contributed by atoms with Crippen molar-refractivity contribution in [3.8, 4) is 0 Å². The highest BCUT2D eigenvalue weighted by molar-refractivity contribution is 5.69. The lowest BCUT2D eigenvalue weighted by Crippen LogP contribution is -2.39. The van der Waals surface area contributed by atoms with Gasteiger partial charge in [0, 0.05) is 31.0 Å². The first-order valence-electron chi connectivity index (χ1n) is 5.60. The molecular formula is C11H18N2O3. The van der Waals surface area contributed by atoms with E-state index in [0.717, 1.165) is 6.41 Å². The predicted molar refractivity (Wildman–Crippen MR) is 57.8 cm³/mol. The fraction of sp³-hybridized carbons (Fsp3) is 0.818. The van der Waals surface area contributed by atoms with Crippen LogP contribution in [0.25, 0.3) is 0 Å². The van der Waals surface area contributed by atoms with Gasteiger partial charge in [0.2, 0.25) is 6.41 Å². The molecule has 1 aliphatic carbocycles. The molecular weight excluding hydrogens is 208 g/mol. The van der Waals surface area contributed by atoms with Crippen molar-refractivity contribution in [1.29, 1.82) is 0 Å². The van der Waals surface area contributed by atoms with E-state index in [4.69, 9.17) is 4.74 Å². The number of rotatable bonds is 2. The van der Waals surface area contributed by atoms with Gasteiger partial charge in [-0.3, -0.25) is 4.79 Å². The van der Waals surface area contributed by atoms with Crippen molar-refractivity contribution in [3.05, 3.63) is 0 Å². The SMILES string of the molecule is CC(C)(C)OC(=O)N1C[C@@H]2C(NC=O)[C@@H]2C1. The summed E-state index contributed by atoms with van der Waals surface area (Å²) in [5.74, 6) is 0.857. The second-order valence-corrected chi connectivity index (χ2v) is 5.52. The summed E-state index contributed by atoms with van der Waals surface area (Å²) in [4.78, 5) is 23.7. The van der Waals surface area contributed by atoms with E-state index in [2.05, 4.69) is 5.32 Å². The number of nitrogens with zero attached hydrogens (tertiary/aromatic N) is 1. The number of piperidine rings is 1. The molecule has 90 valence electrons. The summed E-state index contributed by atoms with van der Waals surface area (Å²) in [5.41, 5.74) is -0.440. The Bertz CT molecular complexity index is 299. The molecule has 5 nitrogen and oxygen atoms in total. The van der Waals surface area contributed by atoms with Gasteiger partial charge in [-0.15, -0.1) is 0 Å². The molecule has 1 saturated heterocycles. The van der Waals surface area contributed by atoms with Crippen LogP contribution in [0.5, 0.6) is 0 Å². The second kappa shape index (κ2) is 3.64. The smallest absolute Gasteiger partial charge is 0.410 e. The third-order valence-corrected chi connectivity index (χ3v) is 3.11. The van der Waals surface area contributed by atoms with Gasteiger partial charge in [0.1, 0.15) is 5.60 Å². The van der Waals surface area contributed by atoms with Gasteiger partial charge in [0.25, 0.3) is 0 Å². The molecule has 1 N–H and O–H groups in total. The summed E-state index contributed by atoms with van der Waals surface area (Å²) in [5, 5.41) is 2.77. The fourth-order valence-electron chi connectivity index (χ4n) is 2.33. The number of nitrogens with one attached hydrogen (secondary N) is 1. The molecule has 1 saturated carbocycles. The minimum atomic E-state index is -0.440. The Hall–Kier alpha value is -1.26. The first-order chi connectivity index (χ1) is 7.42. The van der Waals surface area contributed by atoms with Crippen molar-refractivity contribution in [1.82, 2.24) is 10.2 Å². The van der Waals surface area contributed by atoms with Gasteiger partial charge < -0.3 is 15.0 Å². The van der Waals surface area contributed by atoms with Crippen LogP contribution < -0.4 is 5.32 Å². The Balaban J connectivity index is 1.80. The Labute approximate surface area is 95.1 Å². The molecule has 0 bridgehead atoms. The normalized spacial score (nSPS) is 31.9. The van der Waals surface area contributed by atoms with Crippen molar-refractivity contribution in [2.75, 3.05) is 13.1 Å². The van der Waals surface area contributed by atoms with Crippen LogP contribution in [-0.2, 0) is 9.53 Å². The highest BCUT2D eigenvalue weighted by Gasteiger charge is 2.57. The maximum atomic E-state index is 11.7. The van der Waals surface area contributed by atoms with Crippen LogP contribution in [0, 0.1) is 11.8 Å². The Morgan fingerprint density at radius 3 is 2.38 bits per heavy atom. The van der Waals surface area contributed by atoms with E-state index in [9.17, 15) is 9.59 Å². The number of amides is 2. The molecule has 5 heteroatoms. The van der Waals surface area contributed by atoms with E-state index in [1.165, 1.54) is 0 Å². The van der Waals surface area contributed by atoms with E-state index in [-0.39, 0.29) is 12.1 Å². The van der Waals surface area contributed by atoms with Gasteiger partial charge >= 0.3 is 6.09 Å². The minimum Gasteiger partial charge on any atom is -0.444 e. The molecule has 0 radical (unpaired) electrons. The molecule has 16 heavy (non-hydrogen) atoms. The number of fused-ring (bicyclic) bond motifs is 1. The van der Waals surface area contributed by atoms with Gasteiger partial charge in [0.05, 0.1) is 0 Å². The molecule has 1 heterocycles. The summed E-state index contributed by atoms with van der Waals surface area (Å²) in [6, 6.07) is 0.274. The summed E-state index contributed by atoms with van der Waals surface area (Å²) >= 11 is 0. The molecule has 0 aromatic carbocycles. The predicted octanol–water partition coefficient (Wildman–Crippen LogP) is 0.598. The number of carbonyl (C=O) groups is 2. The van der Waals surface area contributed by atoms with E-state index in [0.29, 0.717) is 24.9 Å². The average Bonchev–Trinajstić information content (AvgIpc) is 2.60. The van der Waals surface area contributed by atoms with Gasteiger partial charge in [-0.2, -0.15) is 0 Å². The summed E-state index contributed by atoms with van der Waals surface area (Å²) in [7, 11) is 0. The monoisotopic (exact) mass is 226 g/mol. The van der Waals surface area contributed by atoms with Crippen LogP contribution in [0.4, 0.5) is 4.79 Å².